The summed E-state index contributed by atoms with van der Waals surface area (Å²) in [6.07, 6.45) is -2.94. The number of nitrogens with two attached hydrogens (primary N) is 1. The Morgan fingerprint density at radius 1 is 1.18 bits per heavy atom. The summed E-state index contributed by atoms with van der Waals surface area (Å²) in [5, 5.41) is 20.3. The van der Waals surface area contributed by atoms with Gasteiger partial charge in [-0.15, -0.1) is 0 Å². The number of nitrogen functional groups attached to an aromatic ring is 1. The third-order valence-corrected chi connectivity index (χ3v) is 7.26. The van der Waals surface area contributed by atoms with Gasteiger partial charge in [-0.05, 0) is 0 Å². The Labute approximate surface area is 179 Å². The van der Waals surface area contributed by atoms with Gasteiger partial charge in [0, 0.05) is 29.6 Å². The van der Waals surface area contributed by atoms with Crippen molar-refractivity contribution in [2.75, 3.05) is 18.2 Å². The molecule has 17 heteroatoms. The number of aliphatic hydroxyl groups is 2. The van der Waals surface area contributed by atoms with Gasteiger partial charge in [0.1, 0.15) is 30.2 Å². The van der Waals surface area contributed by atoms with Gasteiger partial charge >= 0.3 is 15.2 Å². The molecule has 0 bridgehead atoms. The second kappa shape index (κ2) is 8.72. The molecule has 1 radical (unpaired) electrons. The quantitative estimate of drug-likeness (QED) is 0.208. The molecule has 2 aromatic rings. The van der Waals surface area contributed by atoms with Crippen LogP contribution in [0, 0.1) is 0 Å². The molecule has 0 amide bonds. The van der Waals surface area contributed by atoms with E-state index < -0.39 is 52.2 Å². The maximum absolute atomic E-state index is 11.7. The molecule has 5 unspecified atom stereocenters. The second-order valence-corrected chi connectivity index (χ2v) is 9.86. The number of aliphatic hydroxyl groups excluding tert-OH is 2. The molecular formula is C11H17N5NaO9P2. The Balaban J connectivity index is 0.00000280. The van der Waals surface area contributed by atoms with E-state index in [-0.39, 0.29) is 46.5 Å². The van der Waals surface area contributed by atoms with Crippen LogP contribution in [-0.4, -0.2) is 105 Å². The molecular weight excluding hydrogens is 431 g/mol. The number of hydrogen-bond donors (Lipinski definition) is 6. The van der Waals surface area contributed by atoms with Crippen LogP contribution in [-0.2, 0) is 18.4 Å². The van der Waals surface area contributed by atoms with Crippen LogP contribution in [0.15, 0.2) is 12.7 Å². The van der Waals surface area contributed by atoms with Gasteiger partial charge < -0.3 is 39.9 Å². The summed E-state index contributed by atoms with van der Waals surface area (Å²) in [6.45, 7) is -0.688. The molecule has 0 spiro atoms. The Bertz CT molecular complexity index is 938. The summed E-state index contributed by atoms with van der Waals surface area (Å²) in [6, 6.07) is 0. The van der Waals surface area contributed by atoms with Crippen LogP contribution in [0.4, 0.5) is 5.82 Å². The Kier molecular flexibility index (Phi) is 7.41. The standard InChI is InChI=1S/C11H17N5O9P2.Na/c12-9-6-10(14-2-13-9)16(3-15-6)11-8(18)7(17)5(25-11)1-24-27(22,23)4-26(19,20)21;/h2-3,5,7-8,11,17-18H,1,4H2,(H,22,23)(H2,12,13,14)(H2,19,20,21);. The van der Waals surface area contributed by atoms with E-state index in [9.17, 15) is 24.2 Å². The van der Waals surface area contributed by atoms with Crippen molar-refractivity contribution >= 4 is 61.7 Å². The molecule has 28 heavy (non-hydrogen) atoms. The molecule has 7 N–H and O–H groups in total. The van der Waals surface area contributed by atoms with Gasteiger partial charge in [0.05, 0.1) is 12.9 Å². The van der Waals surface area contributed by atoms with Gasteiger partial charge in [0.25, 0.3) is 0 Å². The van der Waals surface area contributed by atoms with Crippen molar-refractivity contribution in [3.8, 4) is 0 Å². The zero-order valence-corrected chi connectivity index (χ0v) is 18.3. The molecule has 1 aliphatic heterocycles. The van der Waals surface area contributed by atoms with E-state index >= 15 is 0 Å². The number of ether oxygens (including phenoxy) is 1. The molecule has 5 atom stereocenters. The normalized spacial score (nSPS) is 27.5. The SMILES string of the molecule is Nc1ncnc2c1ncn2C1OC(COP(=O)(O)CP(=O)(O)O)C(O)C1O.[Na]. The topological polar surface area (TPSA) is 223 Å². The maximum Gasteiger partial charge on any atom is 0.340 e. The zero-order chi connectivity index (χ0) is 20.0. The minimum absolute atomic E-state index is 0. The van der Waals surface area contributed by atoms with E-state index in [1.54, 1.807) is 0 Å². The fourth-order valence-electron chi connectivity index (χ4n) is 2.62. The van der Waals surface area contributed by atoms with Crippen LogP contribution in [0.25, 0.3) is 11.2 Å². The Hall–Kier alpha value is -0.470. The predicted octanol–water partition coefficient (Wildman–Crippen LogP) is -2.02. The Morgan fingerprint density at radius 3 is 2.50 bits per heavy atom. The summed E-state index contributed by atoms with van der Waals surface area (Å²) < 4.78 is 33.9. The average molecular weight is 448 g/mol. The molecule has 2 aromatic heterocycles. The van der Waals surface area contributed by atoms with Crippen molar-refractivity contribution in [2.24, 2.45) is 0 Å². The number of rotatable bonds is 6. The van der Waals surface area contributed by atoms with Crippen molar-refractivity contribution in [1.29, 1.82) is 0 Å². The van der Waals surface area contributed by atoms with Gasteiger partial charge in [0.2, 0.25) is 0 Å². The Morgan fingerprint density at radius 2 is 1.86 bits per heavy atom. The fourth-order valence-corrected chi connectivity index (χ4v) is 5.19. The predicted molar refractivity (Wildman–Crippen MR) is 94.1 cm³/mol. The molecule has 14 nitrogen and oxygen atoms in total. The molecule has 1 saturated heterocycles. The monoisotopic (exact) mass is 448 g/mol. The number of nitrogens with zero attached hydrogens (tertiary/aromatic N) is 4. The maximum atomic E-state index is 11.7. The van der Waals surface area contributed by atoms with Crippen molar-refractivity contribution in [1.82, 2.24) is 19.5 Å². The van der Waals surface area contributed by atoms with E-state index in [1.165, 1.54) is 17.2 Å². The fraction of sp³-hybridized carbons (Fsp3) is 0.545. The number of imidazole rings is 1. The van der Waals surface area contributed by atoms with Gasteiger partial charge in [-0.1, -0.05) is 0 Å². The van der Waals surface area contributed by atoms with Crippen molar-refractivity contribution < 1.29 is 43.3 Å². The third kappa shape index (κ3) is 5.17. The number of anilines is 1. The molecule has 0 saturated carbocycles. The summed E-state index contributed by atoms with van der Waals surface area (Å²) in [4.78, 5) is 38.8. The van der Waals surface area contributed by atoms with Crippen LogP contribution >= 0.6 is 15.2 Å². The molecule has 3 heterocycles. The van der Waals surface area contributed by atoms with Gasteiger partial charge in [0.15, 0.2) is 23.6 Å². The molecule has 3 rings (SSSR count). The average Bonchev–Trinajstić information content (AvgIpc) is 3.07. The molecule has 0 aliphatic carbocycles. The number of hydrogen-bond acceptors (Lipinski definition) is 10. The van der Waals surface area contributed by atoms with Crippen LogP contribution in [0.5, 0.6) is 0 Å². The number of aromatic nitrogens is 4. The van der Waals surface area contributed by atoms with E-state index in [1.807, 2.05) is 0 Å². The van der Waals surface area contributed by atoms with E-state index in [2.05, 4.69) is 19.5 Å². The van der Waals surface area contributed by atoms with E-state index in [0.717, 1.165) is 0 Å². The molecule has 1 fully saturated rings. The zero-order valence-electron chi connectivity index (χ0n) is 14.5. The first-order chi connectivity index (χ1) is 12.5. The smallest absolute Gasteiger partial charge is 0.340 e. The summed E-state index contributed by atoms with van der Waals surface area (Å²) in [7, 11) is -9.42. The van der Waals surface area contributed by atoms with E-state index in [0.29, 0.717) is 0 Å². The summed E-state index contributed by atoms with van der Waals surface area (Å²) in [5.41, 5.74) is 6.17. The van der Waals surface area contributed by atoms with Gasteiger partial charge in [-0.3, -0.25) is 13.7 Å². The van der Waals surface area contributed by atoms with E-state index in [4.69, 9.17) is 20.3 Å². The first-order valence-corrected chi connectivity index (χ1v) is 11.0. The minimum Gasteiger partial charge on any atom is -0.387 e. The summed E-state index contributed by atoms with van der Waals surface area (Å²) in [5.74, 6) is -1.28. The molecule has 1 aliphatic rings. The third-order valence-electron chi connectivity index (χ3n) is 3.80. The van der Waals surface area contributed by atoms with Crippen molar-refractivity contribution in [3.63, 3.8) is 0 Å². The first-order valence-electron chi connectivity index (χ1n) is 7.44. The molecule has 151 valence electrons. The second-order valence-electron chi connectivity index (χ2n) is 5.87. The number of fused-ring (bicyclic) bond motifs is 1. The van der Waals surface area contributed by atoms with Crippen molar-refractivity contribution in [2.45, 2.75) is 24.5 Å². The minimum atomic E-state index is -4.79. The first kappa shape index (κ1) is 23.8. The van der Waals surface area contributed by atoms with Crippen LogP contribution in [0.1, 0.15) is 6.23 Å². The van der Waals surface area contributed by atoms with Gasteiger partial charge in [-0.2, -0.15) is 0 Å². The van der Waals surface area contributed by atoms with Gasteiger partial charge in [-0.25, -0.2) is 15.0 Å². The van der Waals surface area contributed by atoms with Crippen LogP contribution in [0.2, 0.25) is 0 Å². The van der Waals surface area contributed by atoms with Crippen molar-refractivity contribution in [3.05, 3.63) is 12.7 Å². The molecule has 0 aromatic carbocycles. The van der Waals surface area contributed by atoms with Crippen LogP contribution < -0.4 is 5.73 Å². The largest absolute Gasteiger partial charge is 0.387 e. The van der Waals surface area contributed by atoms with Crippen LogP contribution in [0.3, 0.4) is 0 Å². The summed E-state index contributed by atoms with van der Waals surface area (Å²) >= 11 is 0.